The number of nitrogens with zero attached hydrogens (tertiary/aromatic N) is 3. The molecule has 1 unspecified atom stereocenters. The van der Waals surface area contributed by atoms with Crippen LogP contribution in [0.25, 0.3) is 0 Å². The standard InChI is InChI=1S/C14H22ClN4O/c1-17(2)9-10-5-4-6-19(10)13-8-12(16)14(18(3)20)7-11(13)15/h7-8,10H,4-6,9,16H2,1-3H3/q+1. The Hall–Kier alpha value is -1.33. The lowest BCUT2D eigenvalue weighted by Crippen LogP contribution is -2.37. The van der Waals surface area contributed by atoms with Gasteiger partial charge in [-0.15, -0.1) is 0 Å². The molecule has 0 bridgehead atoms. The van der Waals surface area contributed by atoms with Crippen LogP contribution in [0.4, 0.5) is 17.1 Å². The van der Waals surface area contributed by atoms with Crippen molar-refractivity contribution in [3.8, 4) is 0 Å². The lowest BCUT2D eigenvalue weighted by Gasteiger charge is -2.29. The average molecular weight is 298 g/mol. The fourth-order valence-electron chi connectivity index (χ4n) is 2.82. The van der Waals surface area contributed by atoms with E-state index in [-0.39, 0.29) is 0 Å². The second-order valence-electron chi connectivity index (χ2n) is 5.61. The molecule has 1 aromatic carbocycles. The summed E-state index contributed by atoms with van der Waals surface area (Å²) in [4.78, 5) is 15.9. The Morgan fingerprint density at radius 3 is 2.80 bits per heavy atom. The van der Waals surface area contributed by atoms with Crippen LogP contribution >= 0.6 is 11.6 Å². The monoisotopic (exact) mass is 297 g/mol. The maximum Gasteiger partial charge on any atom is 0.279 e. The summed E-state index contributed by atoms with van der Waals surface area (Å²) in [6, 6.07) is 3.92. The topological polar surface area (TPSA) is 52.6 Å². The summed E-state index contributed by atoms with van der Waals surface area (Å²) in [6.07, 6.45) is 2.30. The predicted octanol–water partition coefficient (Wildman–Crippen LogP) is 2.49. The highest BCUT2D eigenvalue weighted by atomic mass is 35.5. The van der Waals surface area contributed by atoms with Gasteiger partial charge < -0.3 is 15.5 Å². The summed E-state index contributed by atoms with van der Waals surface area (Å²) < 4.78 is 0.742. The van der Waals surface area contributed by atoms with E-state index in [2.05, 4.69) is 23.9 Å². The summed E-state index contributed by atoms with van der Waals surface area (Å²) >= 11 is 6.35. The van der Waals surface area contributed by atoms with Crippen LogP contribution in [0.5, 0.6) is 0 Å². The zero-order valence-corrected chi connectivity index (χ0v) is 13.0. The van der Waals surface area contributed by atoms with Crippen molar-refractivity contribution in [3.05, 3.63) is 22.1 Å². The van der Waals surface area contributed by atoms with Crippen molar-refractivity contribution in [1.29, 1.82) is 0 Å². The third-order valence-electron chi connectivity index (χ3n) is 3.70. The SMILES string of the molecule is CN(C)CC1CCCN1c1cc(N)c([N+](C)=O)cc1Cl. The van der Waals surface area contributed by atoms with Crippen molar-refractivity contribution in [2.75, 3.05) is 44.9 Å². The average Bonchev–Trinajstić information content (AvgIpc) is 2.78. The quantitative estimate of drug-likeness (QED) is 0.685. The van der Waals surface area contributed by atoms with Crippen LogP contribution in [-0.4, -0.2) is 49.9 Å². The summed E-state index contributed by atoms with van der Waals surface area (Å²) in [7, 11) is 5.57. The Labute approximate surface area is 124 Å². The molecule has 0 spiro atoms. The fourth-order valence-corrected chi connectivity index (χ4v) is 3.09. The van der Waals surface area contributed by atoms with Crippen molar-refractivity contribution in [2.24, 2.45) is 0 Å². The number of nitroso groups, excluding NO2 is 1. The molecule has 0 saturated carbocycles. The number of likely N-dealkylation sites (N-methyl/N-ethyl adjacent to an activating group) is 1. The van der Waals surface area contributed by atoms with Gasteiger partial charge in [0.05, 0.1) is 10.7 Å². The summed E-state index contributed by atoms with van der Waals surface area (Å²) in [5.41, 5.74) is 7.79. The molecule has 110 valence electrons. The molecule has 5 nitrogen and oxygen atoms in total. The van der Waals surface area contributed by atoms with E-state index in [0.717, 1.165) is 36.4 Å². The van der Waals surface area contributed by atoms with Crippen LogP contribution in [-0.2, 0) is 0 Å². The van der Waals surface area contributed by atoms with Gasteiger partial charge in [0, 0.05) is 34.9 Å². The minimum atomic E-state index is 0.419. The zero-order chi connectivity index (χ0) is 14.9. The van der Waals surface area contributed by atoms with E-state index in [0.29, 0.717) is 22.4 Å². The highest BCUT2D eigenvalue weighted by Gasteiger charge is 2.28. The Balaban J connectivity index is 2.32. The largest absolute Gasteiger partial charge is 0.393 e. The van der Waals surface area contributed by atoms with Gasteiger partial charge in [0.2, 0.25) is 0 Å². The second-order valence-corrected chi connectivity index (χ2v) is 6.02. The maximum atomic E-state index is 11.4. The molecular formula is C14H22ClN4O+. The predicted molar refractivity (Wildman–Crippen MR) is 84.0 cm³/mol. The molecule has 1 fully saturated rings. The van der Waals surface area contributed by atoms with Crippen molar-refractivity contribution in [1.82, 2.24) is 4.90 Å². The highest BCUT2D eigenvalue weighted by Crippen LogP contribution is 2.37. The molecule has 6 heteroatoms. The Bertz CT molecular complexity index is 518. The van der Waals surface area contributed by atoms with Gasteiger partial charge in [-0.2, -0.15) is 0 Å². The number of nitrogen functional groups attached to an aromatic ring is 1. The molecule has 1 aromatic rings. The zero-order valence-electron chi connectivity index (χ0n) is 12.3. The number of anilines is 2. The van der Waals surface area contributed by atoms with Crippen LogP contribution < -0.4 is 10.6 Å². The molecule has 0 amide bonds. The van der Waals surface area contributed by atoms with Crippen molar-refractivity contribution in [2.45, 2.75) is 18.9 Å². The molecule has 1 saturated heterocycles. The summed E-state index contributed by atoms with van der Waals surface area (Å²) in [5, 5.41) is 0.586. The van der Waals surface area contributed by atoms with Crippen LogP contribution in [0.3, 0.4) is 0 Å². The number of nitrogens with two attached hydrogens (primary N) is 1. The van der Waals surface area contributed by atoms with Gasteiger partial charge in [0.15, 0.2) is 7.05 Å². The van der Waals surface area contributed by atoms with Gasteiger partial charge >= 0.3 is 0 Å². The number of halogens is 1. The first-order chi connectivity index (χ1) is 9.40. The van der Waals surface area contributed by atoms with Crippen LogP contribution in [0.2, 0.25) is 5.02 Å². The first kappa shape index (κ1) is 15.1. The van der Waals surface area contributed by atoms with E-state index in [4.69, 9.17) is 17.3 Å². The normalized spacial score (nSPS) is 18.9. The fraction of sp³-hybridized carbons (Fsp3) is 0.571. The lowest BCUT2D eigenvalue weighted by molar-refractivity contribution is -0.427. The molecule has 1 aliphatic heterocycles. The smallest absolute Gasteiger partial charge is 0.279 e. The van der Waals surface area contributed by atoms with Gasteiger partial charge in [-0.3, -0.25) is 0 Å². The van der Waals surface area contributed by atoms with E-state index in [1.54, 1.807) is 6.07 Å². The lowest BCUT2D eigenvalue weighted by atomic mass is 10.1. The van der Waals surface area contributed by atoms with Crippen molar-refractivity contribution >= 4 is 28.7 Å². The van der Waals surface area contributed by atoms with E-state index < -0.39 is 0 Å². The number of rotatable bonds is 4. The van der Waals surface area contributed by atoms with Gasteiger partial charge in [0.25, 0.3) is 5.69 Å². The van der Waals surface area contributed by atoms with Crippen molar-refractivity contribution < 1.29 is 4.76 Å². The van der Waals surface area contributed by atoms with E-state index in [1.807, 2.05) is 6.07 Å². The van der Waals surface area contributed by atoms with Gasteiger partial charge in [0.1, 0.15) is 5.69 Å². The minimum absolute atomic E-state index is 0.419. The summed E-state index contributed by atoms with van der Waals surface area (Å²) in [5.74, 6) is 0. The maximum absolute atomic E-state index is 11.4. The van der Waals surface area contributed by atoms with Gasteiger partial charge in [-0.05, 0) is 33.0 Å². The third kappa shape index (κ3) is 3.04. The van der Waals surface area contributed by atoms with Crippen LogP contribution in [0, 0.1) is 4.91 Å². The Morgan fingerprint density at radius 2 is 2.20 bits per heavy atom. The molecule has 20 heavy (non-hydrogen) atoms. The number of hydrogen-bond acceptors (Lipinski definition) is 4. The van der Waals surface area contributed by atoms with Crippen LogP contribution in [0.1, 0.15) is 12.8 Å². The number of hydrogen-bond donors (Lipinski definition) is 1. The Kier molecular flexibility index (Phi) is 4.50. The molecule has 0 aromatic heterocycles. The molecular weight excluding hydrogens is 276 g/mol. The van der Waals surface area contributed by atoms with E-state index in [1.165, 1.54) is 7.05 Å². The molecule has 1 aliphatic rings. The molecule has 1 heterocycles. The first-order valence-electron chi connectivity index (χ1n) is 6.81. The molecule has 2 rings (SSSR count). The summed E-state index contributed by atoms with van der Waals surface area (Å²) in [6.45, 7) is 1.96. The molecule has 2 N–H and O–H groups in total. The van der Waals surface area contributed by atoms with E-state index in [9.17, 15) is 4.91 Å². The molecule has 0 aliphatic carbocycles. The Morgan fingerprint density at radius 1 is 1.50 bits per heavy atom. The minimum Gasteiger partial charge on any atom is -0.393 e. The first-order valence-corrected chi connectivity index (χ1v) is 7.19. The number of benzene rings is 1. The van der Waals surface area contributed by atoms with Crippen LogP contribution in [0.15, 0.2) is 12.1 Å². The third-order valence-corrected chi connectivity index (χ3v) is 4.00. The van der Waals surface area contributed by atoms with E-state index >= 15 is 0 Å². The van der Waals surface area contributed by atoms with Gasteiger partial charge in [-0.25, -0.2) is 0 Å². The van der Waals surface area contributed by atoms with Crippen molar-refractivity contribution in [3.63, 3.8) is 0 Å². The second kappa shape index (κ2) is 5.97. The highest BCUT2D eigenvalue weighted by molar-refractivity contribution is 6.33. The molecule has 1 atom stereocenters. The molecule has 0 radical (unpaired) electrons. The van der Waals surface area contributed by atoms with Gasteiger partial charge in [-0.1, -0.05) is 11.6 Å².